The lowest BCUT2D eigenvalue weighted by Crippen LogP contribution is -2.25. The van der Waals surface area contributed by atoms with Gasteiger partial charge in [0.2, 0.25) is 0 Å². The second-order valence-electron chi connectivity index (χ2n) is 4.17. The van der Waals surface area contributed by atoms with Crippen LogP contribution in [-0.2, 0) is 4.79 Å². The van der Waals surface area contributed by atoms with Crippen LogP contribution in [0, 0.1) is 5.92 Å². The van der Waals surface area contributed by atoms with E-state index in [1.807, 2.05) is 30.3 Å². The van der Waals surface area contributed by atoms with Gasteiger partial charge in [-0.25, -0.2) is 0 Å². The van der Waals surface area contributed by atoms with E-state index in [-0.39, 0.29) is 11.7 Å². The van der Waals surface area contributed by atoms with Crippen LogP contribution >= 0.6 is 0 Å². The normalized spacial score (nSPS) is 23.8. The summed E-state index contributed by atoms with van der Waals surface area (Å²) >= 11 is 0. The lowest BCUT2D eigenvalue weighted by Gasteiger charge is -2.25. The van der Waals surface area contributed by atoms with Crippen LogP contribution in [0.3, 0.4) is 0 Å². The van der Waals surface area contributed by atoms with Crippen LogP contribution in [0.25, 0.3) is 0 Å². The van der Waals surface area contributed by atoms with E-state index in [1.54, 1.807) is 0 Å². The van der Waals surface area contributed by atoms with E-state index in [1.165, 1.54) is 0 Å². The smallest absolute Gasteiger partial charge is 0.138 e. The molecule has 1 aromatic carbocycles. The zero-order chi connectivity index (χ0) is 10.7. The summed E-state index contributed by atoms with van der Waals surface area (Å²) in [5, 5.41) is 10.1. The van der Waals surface area contributed by atoms with Gasteiger partial charge in [-0.15, -0.1) is 0 Å². The van der Waals surface area contributed by atoms with E-state index >= 15 is 0 Å². The molecule has 15 heavy (non-hydrogen) atoms. The Morgan fingerprint density at radius 3 is 2.60 bits per heavy atom. The molecule has 1 fully saturated rings. The molecule has 1 saturated carbocycles. The maximum absolute atomic E-state index is 11.6. The number of aliphatic hydroxyl groups excluding tert-OH is 1. The third kappa shape index (κ3) is 2.26. The predicted molar refractivity (Wildman–Crippen MR) is 58.4 cm³/mol. The first-order valence-corrected chi connectivity index (χ1v) is 5.55. The number of ketones is 1. The topological polar surface area (TPSA) is 37.3 Å². The first-order chi connectivity index (χ1) is 7.29. The molecule has 2 atom stereocenters. The van der Waals surface area contributed by atoms with Gasteiger partial charge in [-0.2, -0.15) is 0 Å². The highest BCUT2D eigenvalue weighted by atomic mass is 16.3. The number of Topliss-reactive ketones (excluding diaryl/α,β-unsaturated/α-hetero) is 1. The van der Waals surface area contributed by atoms with E-state index in [0.717, 1.165) is 24.8 Å². The molecule has 0 radical (unpaired) electrons. The maximum atomic E-state index is 11.6. The van der Waals surface area contributed by atoms with Crippen LogP contribution < -0.4 is 0 Å². The van der Waals surface area contributed by atoms with Crippen molar-refractivity contribution in [3.63, 3.8) is 0 Å². The number of aliphatic hydroxyl groups is 1. The molecular formula is C13H16O2. The zero-order valence-electron chi connectivity index (χ0n) is 8.73. The van der Waals surface area contributed by atoms with Crippen molar-refractivity contribution in [2.24, 2.45) is 5.92 Å². The molecule has 0 amide bonds. The van der Waals surface area contributed by atoms with Crippen molar-refractivity contribution in [1.29, 1.82) is 0 Å². The summed E-state index contributed by atoms with van der Waals surface area (Å²) < 4.78 is 0. The molecule has 2 rings (SSSR count). The van der Waals surface area contributed by atoms with Gasteiger partial charge in [0.05, 0.1) is 6.10 Å². The van der Waals surface area contributed by atoms with Crippen molar-refractivity contribution in [2.75, 3.05) is 0 Å². The minimum atomic E-state index is -0.612. The first kappa shape index (κ1) is 10.4. The highest BCUT2D eigenvalue weighted by Gasteiger charge is 2.29. The van der Waals surface area contributed by atoms with E-state index in [4.69, 9.17) is 0 Å². The number of hydrogen-bond acceptors (Lipinski definition) is 2. The zero-order valence-corrected chi connectivity index (χ0v) is 8.73. The summed E-state index contributed by atoms with van der Waals surface area (Å²) in [6, 6.07) is 9.47. The molecule has 1 aliphatic carbocycles. The fraction of sp³-hybridized carbons (Fsp3) is 0.462. The molecular weight excluding hydrogens is 188 g/mol. The Kier molecular flexibility index (Phi) is 3.17. The molecule has 80 valence electrons. The Morgan fingerprint density at radius 1 is 1.20 bits per heavy atom. The first-order valence-electron chi connectivity index (χ1n) is 5.55. The minimum absolute atomic E-state index is 0.179. The molecule has 0 bridgehead atoms. The molecule has 0 aromatic heterocycles. The summed E-state index contributed by atoms with van der Waals surface area (Å²) in [5.74, 6) is 0.0405. The Labute approximate surface area is 89.9 Å². The van der Waals surface area contributed by atoms with Gasteiger partial charge in [0.1, 0.15) is 5.78 Å². The number of hydrogen-bond donors (Lipinski definition) is 1. The molecule has 2 unspecified atom stereocenters. The van der Waals surface area contributed by atoms with Gasteiger partial charge >= 0.3 is 0 Å². The lowest BCUT2D eigenvalue weighted by atomic mass is 9.82. The molecule has 0 heterocycles. The Morgan fingerprint density at radius 2 is 1.93 bits per heavy atom. The highest BCUT2D eigenvalue weighted by Crippen LogP contribution is 2.31. The van der Waals surface area contributed by atoms with Gasteiger partial charge in [-0.05, 0) is 18.4 Å². The summed E-state index contributed by atoms with van der Waals surface area (Å²) in [7, 11) is 0. The van der Waals surface area contributed by atoms with Crippen LogP contribution in [0.4, 0.5) is 0 Å². The van der Waals surface area contributed by atoms with Crippen molar-refractivity contribution in [3.05, 3.63) is 35.9 Å². The van der Waals surface area contributed by atoms with Gasteiger partial charge in [0.15, 0.2) is 0 Å². The predicted octanol–water partition coefficient (Wildman–Crippen LogP) is 2.48. The Hall–Kier alpha value is -1.15. The van der Waals surface area contributed by atoms with E-state index in [0.29, 0.717) is 6.42 Å². The molecule has 0 spiro atoms. The molecule has 2 heteroatoms. The van der Waals surface area contributed by atoms with Gasteiger partial charge in [0, 0.05) is 12.3 Å². The number of rotatable bonds is 2. The maximum Gasteiger partial charge on any atom is 0.138 e. The molecule has 1 N–H and O–H groups in total. The Balaban J connectivity index is 2.13. The molecule has 2 nitrogen and oxygen atoms in total. The van der Waals surface area contributed by atoms with E-state index < -0.39 is 6.10 Å². The van der Waals surface area contributed by atoms with Crippen LogP contribution in [0.5, 0.6) is 0 Å². The largest absolute Gasteiger partial charge is 0.388 e. The SMILES string of the molecule is O=C1CCCCC1C(O)c1ccccc1. The van der Waals surface area contributed by atoms with Crippen LogP contribution in [0.15, 0.2) is 30.3 Å². The van der Waals surface area contributed by atoms with Crippen molar-refractivity contribution in [3.8, 4) is 0 Å². The lowest BCUT2D eigenvalue weighted by molar-refractivity contribution is -0.128. The third-order valence-corrected chi connectivity index (χ3v) is 3.12. The summed E-state index contributed by atoms with van der Waals surface area (Å²) in [6.07, 6.45) is 2.89. The molecule has 1 aromatic rings. The Bertz CT molecular complexity index is 332. The van der Waals surface area contributed by atoms with Gasteiger partial charge in [-0.1, -0.05) is 36.8 Å². The molecule has 0 aliphatic heterocycles. The number of benzene rings is 1. The van der Waals surface area contributed by atoms with Gasteiger partial charge in [-0.3, -0.25) is 4.79 Å². The van der Waals surface area contributed by atoms with Crippen molar-refractivity contribution in [2.45, 2.75) is 31.8 Å². The third-order valence-electron chi connectivity index (χ3n) is 3.12. The summed E-state index contributed by atoms with van der Waals surface area (Å²) in [4.78, 5) is 11.6. The second kappa shape index (κ2) is 4.58. The average Bonchev–Trinajstić information content (AvgIpc) is 2.30. The van der Waals surface area contributed by atoms with Crippen molar-refractivity contribution in [1.82, 2.24) is 0 Å². The fourth-order valence-electron chi connectivity index (χ4n) is 2.23. The van der Waals surface area contributed by atoms with E-state index in [2.05, 4.69) is 0 Å². The fourth-order valence-corrected chi connectivity index (χ4v) is 2.23. The number of carbonyl (C=O) groups excluding carboxylic acids is 1. The summed E-state index contributed by atoms with van der Waals surface area (Å²) in [6.45, 7) is 0. The molecule has 1 aliphatic rings. The van der Waals surface area contributed by atoms with E-state index in [9.17, 15) is 9.90 Å². The van der Waals surface area contributed by atoms with Gasteiger partial charge < -0.3 is 5.11 Å². The quantitative estimate of drug-likeness (QED) is 0.803. The summed E-state index contributed by atoms with van der Waals surface area (Å²) in [5.41, 5.74) is 0.859. The monoisotopic (exact) mass is 204 g/mol. The van der Waals surface area contributed by atoms with Crippen molar-refractivity contribution < 1.29 is 9.90 Å². The average molecular weight is 204 g/mol. The van der Waals surface area contributed by atoms with Crippen molar-refractivity contribution >= 4 is 5.78 Å². The van der Waals surface area contributed by atoms with Gasteiger partial charge in [0.25, 0.3) is 0 Å². The standard InChI is InChI=1S/C13H16O2/c14-12-9-5-4-8-11(12)13(15)10-6-2-1-3-7-10/h1-3,6-7,11,13,15H,4-5,8-9H2. The molecule has 0 saturated heterocycles. The number of carbonyl (C=O) groups is 1. The highest BCUT2D eigenvalue weighted by molar-refractivity contribution is 5.82. The van der Waals surface area contributed by atoms with Crippen LogP contribution in [0.2, 0.25) is 0 Å². The van der Waals surface area contributed by atoms with Crippen LogP contribution in [0.1, 0.15) is 37.4 Å². The second-order valence-corrected chi connectivity index (χ2v) is 4.17. The minimum Gasteiger partial charge on any atom is -0.388 e. The van der Waals surface area contributed by atoms with Crippen LogP contribution in [-0.4, -0.2) is 10.9 Å².